The molecular formula is C13H15ClF2O. The summed E-state index contributed by atoms with van der Waals surface area (Å²) in [7, 11) is 0. The second kappa shape index (κ2) is 4.91. The SMILES string of the molecule is OC(c1ccc(Cl)cc1)C1CCCC(F)(F)C1. The number of hydrogen-bond donors (Lipinski definition) is 1. The van der Waals surface area contributed by atoms with Gasteiger partial charge >= 0.3 is 0 Å². The van der Waals surface area contributed by atoms with Gasteiger partial charge in [0.15, 0.2) is 0 Å². The third-order valence-corrected chi connectivity index (χ3v) is 3.59. The number of alkyl halides is 2. The maximum atomic E-state index is 13.3. The molecule has 1 aliphatic rings. The first-order chi connectivity index (χ1) is 7.98. The van der Waals surface area contributed by atoms with Gasteiger partial charge in [0.25, 0.3) is 0 Å². The molecule has 0 bridgehead atoms. The van der Waals surface area contributed by atoms with Crippen molar-refractivity contribution in [3.63, 3.8) is 0 Å². The van der Waals surface area contributed by atoms with Crippen molar-refractivity contribution in [3.05, 3.63) is 34.9 Å². The summed E-state index contributed by atoms with van der Waals surface area (Å²) < 4.78 is 26.5. The van der Waals surface area contributed by atoms with Gasteiger partial charge < -0.3 is 5.11 Å². The second-order valence-corrected chi connectivity index (χ2v) is 5.15. The average molecular weight is 261 g/mol. The van der Waals surface area contributed by atoms with E-state index >= 15 is 0 Å². The largest absolute Gasteiger partial charge is 0.388 e. The third-order valence-electron chi connectivity index (χ3n) is 3.34. The molecule has 1 aromatic carbocycles. The van der Waals surface area contributed by atoms with Crippen LogP contribution in [0.25, 0.3) is 0 Å². The molecule has 1 nitrogen and oxygen atoms in total. The second-order valence-electron chi connectivity index (χ2n) is 4.71. The summed E-state index contributed by atoms with van der Waals surface area (Å²) in [4.78, 5) is 0. The minimum atomic E-state index is -2.63. The lowest BCUT2D eigenvalue weighted by molar-refractivity contribution is -0.0761. The van der Waals surface area contributed by atoms with E-state index < -0.39 is 12.0 Å². The topological polar surface area (TPSA) is 20.2 Å². The third kappa shape index (κ3) is 3.17. The van der Waals surface area contributed by atoms with E-state index in [-0.39, 0.29) is 18.8 Å². The zero-order valence-corrected chi connectivity index (χ0v) is 10.1. The Hall–Kier alpha value is -0.670. The van der Waals surface area contributed by atoms with E-state index in [0.717, 1.165) is 0 Å². The first-order valence-electron chi connectivity index (χ1n) is 5.79. The van der Waals surface area contributed by atoms with Gasteiger partial charge in [-0.1, -0.05) is 23.7 Å². The molecule has 0 radical (unpaired) electrons. The van der Waals surface area contributed by atoms with Crippen LogP contribution in [0, 0.1) is 5.92 Å². The molecule has 2 rings (SSSR count). The highest BCUT2D eigenvalue weighted by molar-refractivity contribution is 6.30. The molecule has 2 unspecified atom stereocenters. The molecule has 0 aliphatic heterocycles. The Morgan fingerprint density at radius 3 is 2.53 bits per heavy atom. The summed E-state index contributed by atoms with van der Waals surface area (Å²) in [5, 5.41) is 10.7. The fourth-order valence-electron chi connectivity index (χ4n) is 2.41. The Bertz CT molecular complexity index is 378. The van der Waals surface area contributed by atoms with Gasteiger partial charge in [-0.15, -0.1) is 0 Å². The van der Waals surface area contributed by atoms with E-state index in [4.69, 9.17) is 11.6 Å². The molecule has 1 saturated carbocycles. The van der Waals surface area contributed by atoms with Gasteiger partial charge in [-0.3, -0.25) is 0 Å². The molecule has 0 saturated heterocycles. The van der Waals surface area contributed by atoms with Crippen molar-refractivity contribution in [2.24, 2.45) is 5.92 Å². The molecule has 17 heavy (non-hydrogen) atoms. The fourth-order valence-corrected chi connectivity index (χ4v) is 2.54. The molecule has 1 N–H and O–H groups in total. The Kier molecular flexibility index (Phi) is 3.69. The fraction of sp³-hybridized carbons (Fsp3) is 0.538. The van der Waals surface area contributed by atoms with E-state index in [0.29, 0.717) is 23.4 Å². The molecule has 4 heteroatoms. The first-order valence-corrected chi connectivity index (χ1v) is 6.17. The number of hydrogen-bond acceptors (Lipinski definition) is 1. The molecule has 1 aliphatic carbocycles. The highest BCUT2D eigenvalue weighted by atomic mass is 35.5. The number of rotatable bonds is 2. The van der Waals surface area contributed by atoms with Gasteiger partial charge in [-0.2, -0.15) is 0 Å². The Morgan fingerprint density at radius 2 is 1.94 bits per heavy atom. The standard InChI is InChI=1S/C13H15ClF2O/c14-11-5-3-9(4-6-11)12(17)10-2-1-7-13(15,16)8-10/h3-6,10,12,17H,1-2,7-8H2. The summed E-state index contributed by atoms with van der Waals surface area (Å²) in [6.45, 7) is 0. The Morgan fingerprint density at radius 1 is 1.29 bits per heavy atom. The lowest BCUT2D eigenvalue weighted by Crippen LogP contribution is -2.29. The van der Waals surface area contributed by atoms with Crippen molar-refractivity contribution in [1.82, 2.24) is 0 Å². The van der Waals surface area contributed by atoms with Crippen LogP contribution < -0.4 is 0 Å². The molecular weight excluding hydrogens is 246 g/mol. The number of benzene rings is 1. The maximum absolute atomic E-state index is 13.3. The molecule has 2 atom stereocenters. The molecule has 1 aromatic rings. The normalized spacial score (nSPS) is 25.5. The van der Waals surface area contributed by atoms with E-state index in [1.165, 1.54) is 0 Å². The predicted octanol–water partition coefficient (Wildman–Crippen LogP) is 4.20. The molecule has 0 amide bonds. The van der Waals surface area contributed by atoms with Crippen LogP contribution >= 0.6 is 11.6 Å². The average Bonchev–Trinajstić information content (AvgIpc) is 2.28. The van der Waals surface area contributed by atoms with Crippen LogP contribution in [0.15, 0.2) is 24.3 Å². The van der Waals surface area contributed by atoms with Crippen LogP contribution in [0.4, 0.5) is 8.78 Å². The summed E-state index contributed by atoms with van der Waals surface area (Å²) in [6.07, 6.45) is 0.0217. The smallest absolute Gasteiger partial charge is 0.248 e. The van der Waals surface area contributed by atoms with Gasteiger partial charge in [-0.05, 0) is 36.5 Å². The lowest BCUT2D eigenvalue weighted by atomic mass is 9.81. The molecule has 0 spiro atoms. The van der Waals surface area contributed by atoms with Crippen molar-refractivity contribution in [3.8, 4) is 0 Å². The first kappa shape index (κ1) is 12.8. The highest BCUT2D eigenvalue weighted by Gasteiger charge is 2.39. The van der Waals surface area contributed by atoms with E-state index in [1.807, 2.05) is 0 Å². The maximum Gasteiger partial charge on any atom is 0.248 e. The molecule has 94 valence electrons. The highest BCUT2D eigenvalue weighted by Crippen LogP contribution is 2.42. The van der Waals surface area contributed by atoms with Crippen molar-refractivity contribution >= 4 is 11.6 Å². The Balaban J connectivity index is 2.09. The van der Waals surface area contributed by atoms with Crippen LogP contribution in [-0.4, -0.2) is 11.0 Å². The van der Waals surface area contributed by atoms with Crippen molar-refractivity contribution in [2.45, 2.75) is 37.7 Å². The van der Waals surface area contributed by atoms with Gasteiger partial charge in [0.05, 0.1) is 6.10 Å². The van der Waals surface area contributed by atoms with Crippen LogP contribution in [0.2, 0.25) is 5.02 Å². The molecule has 1 fully saturated rings. The van der Waals surface area contributed by atoms with Crippen molar-refractivity contribution in [1.29, 1.82) is 0 Å². The summed E-state index contributed by atoms with van der Waals surface area (Å²) in [5.74, 6) is -2.99. The monoisotopic (exact) mass is 260 g/mol. The van der Waals surface area contributed by atoms with Gasteiger partial charge in [0.2, 0.25) is 5.92 Å². The van der Waals surface area contributed by atoms with E-state index in [9.17, 15) is 13.9 Å². The molecule has 0 heterocycles. The quantitative estimate of drug-likeness (QED) is 0.845. The summed E-state index contributed by atoms with van der Waals surface area (Å²) in [6, 6.07) is 6.72. The summed E-state index contributed by atoms with van der Waals surface area (Å²) >= 11 is 5.75. The minimum absolute atomic E-state index is 0.0587. The van der Waals surface area contributed by atoms with Gasteiger partial charge in [-0.25, -0.2) is 8.78 Å². The predicted molar refractivity (Wildman–Crippen MR) is 63.3 cm³/mol. The van der Waals surface area contributed by atoms with Gasteiger partial charge in [0.1, 0.15) is 0 Å². The Labute approximate surface area is 104 Å². The lowest BCUT2D eigenvalue weighted by Gasteiger charge is -2.32. The summed E-state index contributed by atoms with van der Waals surface area (Å²) in [5.41, 5.74) is 0.664. The van der Waals surface area contributed by atoms with Gasteiger partial charge in [0, 0.05) is 17.9 Å². The van der Waals surface area contributed by atoms with E-state index in [1.54, 1.807) is 24.3 Å². The van der Waals surface area contributed by atoms with Crippen LogP contribution in [-0.2, 0) is 0 Å². The minimum Gasteiger partial charge on any atom is -0.388 e. The number of aliphatic hydroxyl groups excluding tert-OH is 1. The van der Waals surface area contributed by atoms with E-state index in [2.05, 4.69) is 0 Å². The number of halogens is 3. The van der Waals surface area contributed by atoms with Crippen LogP contribution in [0.3, 0.4) is 0 Å². The zero-order chi connectivity index (χ0) is 12.5. The van der Waals surface area contributed by atoms with Crippen LogP contribution in [0.5, 0.6) is 0 Å². The molecule has 0 aromatic heterocycles. The van der Waals surface area contributed by atoms with Crippen molar-refractivity contribution < 1.29 is 13.9 Å². The zero-order valence-electron chi connectivity index (χ0n) is 9.37. The van der Waals surface area contributed by atoms with Crippen LogP contribution in [0.1, 0.15) is 37.4 Å². The van der Waals surface area contributed by atoms with Crippen molar-refractivity contribution in [2.75, 3.05) is 0 Å². The number of aliphatic hydroxyl groups is 1.